The maximum absolute atomic E-state index is 5.88. The van der Waals surface area contributed by atoms with Crippen molar-refractivity contribution < 1.29 is 13.9 Å². The van der Waals surface area contributed by atoms with E-state index in [1.165, 1.54) is 5.56 Å². The fraction of sp³-hybridized carbons (Fsp3) is 0.125. The number of hydrogen-bond acceptors (Lipinski definition) is 3. The van der Waals surface area contributed by atoms with E-state index < -0.39 is 0 Å². The van der Waals surface area contributed by atoms with Gasteiger partial charge < -0.3 is 13.9 Å². The second-order valence-corrected chi connectivity index (χ2v) is 4.72. The Balaban J connectivity index is 1.86. The van der Waals surface area contributed by atoms with E-state index in [4.69, 9.17) is 13.9 Å². The highest BCUT2D eigenvalue weighted by Crippen LogP contribution is 2.38. The van der Waals surface area contributed by atoms with Crippen molar-refractivity contribution in [3.8, 4) is 22.8 Å². The van der Waals surface area contributed by atoms with Gasteiger partial charge in [0.05, 0.1) is 0 Å². The van der Waals surface area contributed by atoms with Gasteiger partial charge in [-0.3, -0.25) is 0 Å². The summed E-state index contributed by atoms with van der Waals surface area (Å²) in [7, 11) is 0. The number of ether oxygens (including phenoxy) is 2. The molecule has 0 saturated heterocycles. The average Bonchev–Trinajstić information content (AvgIpc) is 3.01. The first-order valence-electron chi connectivity index (χ1n) is 6.20. The summed E-state index contributed by atoms with van der Waals surface area (Å²) in [5.74, 6) is 2.39. The van der Waals surface area contributed by atoms with Crippen LogP contribution in [0.15, 0.2) is 46.9 Å². The van der Waals surface area contributed by atoms with Gasteiger partial charge in [0.25, 0.3) is 0 Å². The van der Waals surface area contributed by atoms with Crippen molar-refractivity contribution in [1.82, 2.24) is 0 Å². The van der Waals surface area contributed by atoms with Gasteiger partial charge in [0.2, 0.25) is 6.79 Å². The molecule has 3 aromatic rings. The molecular weight excluding hydrogens is 240 g/mol. The molecule has 1 aliphatic rings. The molecule has 0 N–H and O–H groups in total. The van der Waals surface area contributed by atoms with Gasteiger partial charge in [0.1, 0.15) is 11.3 Å². The summed E-state index contributed by atoms with van der Waals surface area (Å²) in [5, 5.41) is 1.03. The Morgan fingerprint density at radius 3 is 2.42 bits per heavy atom. The van der Waals surface area contributed by atoms with Crippen LogP contribution >= 0.6 is 0 Å². The minimum atomic E-state index is 0.284. The fourth-order valence-electron chi connectivity index (χ4n) is 2.29. The highest BCUT2D eigenvalue weighted by Gasteiger charge is 2.16. The van der Waals surface area contributed by atoms with Crippen LogP contribution in [0.1, 0.15) is 5.56 Å². The molecule has 3 nitrogen and oxygen atoms in total. The SMILES string of the molecule is Cc1ccc(-c2cc3cc4c(cc3o2)OCO4)cc1. The second-order valence-electron chi connectivity index (χ2n) is 4.72. The lowest BCUT2D eigenvalue weighted by Crippen LogP contribution is -1.92. The van der Waals surface area contributed by atoms with Gasteiger partial charge in [-0.2, -0.15) is 0 Å². The zero-order chi connectivity index (χ0) is 12.8. The molecule has 0 unspecified atom stereocenters. The number of fused-ring (bicyclic) bond motifs is 2. The topological polar surface area (TPSA) is 31.6 Å². The summed E-state index contributed by atoms with van der Waals surface area (Å²) >= 11 is 0. The van der Waals surface area contributed by atoms with Crippen molar-refractivity contribution in [2.45, 2.75) is 6.92 Å². The molecule has 94 valence electrons. The Kier molecular flexibility index (Phi) is 2.09. The second kappa shape index (κ2) is 3.79. The van der Waals surface area contributed by atoms with Gasteiger partial charge in [0, 0.05) is 17.0 Å². The molecule has 4 rings (SSSR count). The monoisotopic (exact) mass is 252 g/mol. The fourth-order valence-corrected chi connectivity index (χ4v) is 2.29. The predicted molar refractivity (Wildman–Crippen MR) is 72.5 cm³/mol. The summed E-state index contributed by atoms with van der Waals surface area (Å²) in [4.78, 5) is 0. The molecule has 19 heavy (non-hydrogen) atoms. The van der Waals surface area contributed by atoms with E-state index in [-0.39, 0.29) is 6.79 Å². The summed E-state index contributed by atoms with van der Waals surface area (Å²) in [5.41, 5.74) is 3.13. The molecule has 0 radical (unpaired) electrons. The molecule has 1 aromatic heterocycles. The molecule has 0 fully saturated rings. The average molecular weight is 252 g/mol. The van der Waals surface area contributed by atoms with Crippen molar-refractivity contribution in [2.75, 3.05) is 6.79 Å². The Hall–Kier alpha value is -2.42. The van der Waals surface area contributed by atoms with Crippen LogP contribution in [-0.2, 0) is 0 Å². The highest BCUT2D eigenvalue weighted by molar-refractivity contribution is 5.86. The van der Waals surface area contributed by atoms with Gasteiger partial charge in [-0.25, -0.2) is 0 Å². The highest BCUT2D eigenvalue weighted by atomic mass is 16.7. The third-order valence-corrected chi connectivity index (χ3v) is 3.35. The Morgan fingerprint density at radius 2 is 1.63 bits per heavy atom. The Bertz CT molecular complexity index is 713. The van der Waals surface area contributed by atoms with Crippen LogP contribution in [-0.4, -0.2) is 6.79 Å². The summed E-state index contributed by atoms with van der Waals surface area (Å²) in [6, 6.07) is 14.2. The minimum Gasteiger partial charge on any atom is -0.456 e. The van der Waals surface area contributed by atoms with Gasteiger partial charge in [-0.15, -0.1) is 0 Å². The van der Waals surface area contributed by atoms with Crippen molar-refractivity contribution in [3.63, 3.8) is 0 Å². The van der Waals surface area contributed by atoms with Crippen LogP contribution < -0.4 is 9.47 Å². The summed E-state index contributed by atoms with van der Waals surface area (Å²) in [6.45, 7) is 2.36. The molecule has 0 amide bonds. The maximum atomic E-state index is 5.88. The number of hydrogen-bond donors (Lipinski definition) is 0. The van der Waals surface area contributed by atoms with Crippen LogP contribution in [0.3, 0.4) is 0 Å². The molecular formula is C16H12O3. The zero-order valence-corrected chi connectivity index (χ0v) is 10.5. The van der Waals surface area contributed by atoms with Gasteiger partial charge in [0.15, 0.2) is 11.5 Å². The number of aryl methyl sites for hydroxylation is 1. The van der Waals surface area contributed by atoms with Crippen LogP contribution in [0.2, 0.25) is 0 Å². The van der Waals surface area contributed by atoms with E-state index in [9.17, 15) is 0 Å². The van der Waals surface area contributed by atoms with Gasteiger partial charge >= 0.3 is 0 Å². The van der Waals surface area contributed by atoms with Crippen LogP contribution in [0.4, 0.5) is 0 Å². The molecule has 2 heterocycles. The van der Waals surface area contributed by atoms with Crippen LogP contribution in [0.25, 0.3) is 22.3 Å². The van der Waals surface area contributed by atoms with E-state index in [1.54, 1.807) is 0 Å². The minimum absolute atomic E-state index is 0.284. The summed E-state index contributed by atoms with van der Waals surface area (Å²) in [6.07, 6.45) is 0. The molecule has 0 aliphatic carbocycles. The quantitative estimate of drug-likeness (QED) is 0.652. The third-order valence-electron chi connectivity index (χ3n) is 3.35. The lowest BCUT2D eigenvalue weighted by molar-refractivity contribution is 0.174. The molecule has 1 aliphatic heterocycles. The van der Waals surface area contributed by atoms with E-state index in [2.05, 4.69) is 31.2 Å². The van der Waals surface area contributed by atoms with Crippen molar-refractivity contribution in [1.29, 1.82) is 0 Å². The molecule has 0 bridgehead atoms. The van der Waals surface area contributed by atoms with E-state index in [0.29, 0.717) is 0 Å². The number of benzene rings is 2. The van der Waals surface area contributed by atoms with E-state index in [0.717, 1.165) is 33.8 Å². The molecule has 0 atom stereocenters. The summed E-state index contributed by atoms with van der Waals surface area (Å²) < 4.78 is 16.6. The number of rotatable bonds is 1. The first-order chi connectivity index (χ1) is 9.29. The van der Waals surface area contributed by atoms with Gasteiger partial charge in [-0.05, 0) is 19.1 Å². The maximum Gasteiger partial charge on any atom is 0.231 e. The molecule has 2 aromatic carbocycles. The van der Waals surface area contributed by atoms with Crippen LogP contribution in [0.5, 0.6) is 11.5 Å². The van der Waals surface area contributed by atoms with Crippen molar-refractivity contribution in [3.05, 3.63) is 48.0 Å². The first-order valence-corrected chi connectivity index (χ1v) is 6.20. The van der Waals surface area contributed by atoms with E-state index >= 15 is 0 Å². The normalized spacial score (nSPS) is 13.1. The third kappa shape index (κ3) is 1.66. The largest absolute Gasteiger partial charge is 0.456 e. The zero-order valence-electron chi connectivity index (χ0n) is 10.5. The number of furan rings is 1. The van der Waals surface area contributed by atoms with E-state index in [1.807, 2.05) is 18.2 Å². The van der Waals surface area contributed by atoms with Crippen molar-refractivity contribution in [2.24, 2.45) is 0 Å². The smallest absolute Gasteiger partial charge is 0.231 e. The standard InChI is InChI=1S/C16H12O3/c1-10-2-4-11(5-3-10)13-6-12-7-15-16(18-9-17-15)8-14(12)19-13/h2-8H,9H2,1H3. The molecule has 0 spiro atoms. The molecule has 3 heteroatoms. The first kappa shape index (κ1) is 10.5. The van der Waals surface area contributed by atoms with Crippen LogP contribution in [0, 0.1) is 6.92 Å². The lowest BCUT2D eigenvalue weighted by Gasteiger charge is -1.96. The lowest BCUT2D eigenvalue weighted by atomic mass is 10.1. The van der Waals surface area contributed by atoms with Crippen molar-refractivity contribution >= 4 is 11.0 Å². The Morgan fingerprint density at radius 1 is 0.895 bits per heavy atom. The van der Waals surface area contributed by atoms with Gasteiger partial charge in [-0.1, -0.05) is 29.8 Å². The predicted octanol–water partition coefficient (Wildman–Crippen LogP) is 4.14. The molecule has 0 saturated carbocycles. The Labute approximate surface area is 110 Å².